The number of amides is 1. The summed E-state index contributed by atoms with van der Waals surface area (Å²) in [6, 6.07) is 9.54. The highest BCUT2D eigenvalue weighted by molar-refractivity contribution is 14.1. The predicted molar refractivity (Wildman–Crippen MR) is 75.3 cm³/mol. The van der Waals surface area contributed by atoms with Crippen LogP contribution < -0.4 is 5.32 Å². The number of hydrogen-bond acceptors (Lipinski definition) is 4. The molecule has 0 fully saturated rings. The standard InChI is InChI=1S/C12H12IN3O2/c1-12(2,15-11(13)17)10-14-9(16-18-10)8-6-4-3-5-7-8/h3-7H,1-2H3,(H,15,17). The summed E-state index contributed by atoms with van der Waals surface area (Å²) in [5.74, 6) is 0.896. The molecule has 0 atom stereocenters. The highest BCUT2D eigenvalue weighted by Gasteiger charge is 2.29. The quantitative estimate of drug-likeness (QED) is 0.521. The van der Waals surface area contributed by atoms with Gasteiger partial charge in [-0.25, -0.2) is 0 Å². The number of benzene rings is 1. The lowest BCUT2D eigenvalue weighted by molar-refractivity contribution is 0.239. The van der Waals surface area contributed by atoms with Crippen LogP contribution in [0.5, 0.6) is 0 Å². The molecule has 0 spiro atoms. The van der Waals surface area contributed by atoms with E-state index in [-0.39, 0.29) is 3.91 Å². The van der Waals surface area contributed by atoms with Gasteiger partial charge in [0.25, 0.3) is 9.80 Å². The third-order valence-electron chi connectivity index (χ3n) is 2.40. The molecule has 1 heterocycles. The van der Waals surface area contributed by atoms with Gasteiger partial charge in [-0.05, 0) is 13.8 Å². The van der Waals surface area contributed by atoms with Gasteiger partial charge >= 0.3 is 0 Å². The van der Waals surface area contributed by atoms with Gasteiger partial charge in [0.2, 0.25) is 5.82 Å². The van der Waals surface area contributed by atoms with E-state index in [1.54, 1.807) is 22.6 Å². The summed E-state index contributed by atoms with van der Waals surface area (Å²) >= 11 is 1.67. The van der Waals surface area contributed by atoms with E-state index in [2.05, 4.69) is 15.5 Å². The van der Waals surface area contributed by atoms with E-state index >= 15 is 0 Å². The highest BCUT2D eigenvalue weighted by Crippen LogP contribution is 2.22. The summed E-state index contributed by atoms with van der Waals surface area (Å²) in [7, 11) is 0. The van der Waals surface area contributed by atoms with E-state index in [4.69, 9.17) is 4.52 Å². The summed E-state index contributed by atoms with van der Waals surface area (Å²) in [5, 5.41) is 6.67. The van der Waals surface area contributed by atoms with Crippen molar-refractivity contribution in [2.24, 2.45) is 0 Å². The molecular formula is C12H12IN3O2. The van der Waals surface area contributed by atoms with E-state index in [1.165, 1.54) is 0 Å². The van der Waals surface area contributed by atoms with Crippen LogP contribution >= 0.6 is 22.6 Å². The fourth-order valence-corrected chi connectivity index (χ4v) is 2.16. The summed E-state index contributed by atoms with van der Waals surface area (Å²) in [5.41, 5.74) is 0.197. The summed E-state index contributed by atoms with van der Waals surface area (Å²) in [6.45, 7) is 3.62. The molecule has 0 radical (unpaired) electrons. The second-order valence-electron chi connectivity index (χ2n) is 4.31. The van der Waals surface area contributed by atoms with Crippen LogP contribution in [0, 0.1) is 0 Å². The Hall–Kier alpha value is -1.44. The van der Waals surface area contributed by atoms with Crippen LogP contribution in [-0.4, -0.2) is 14.1 Å². The van der Waals surface area contributed by atoms with Crippen LogP contribution in [0.3, 0.4) is 0 Å². The minimum absolute atomic E-state index is 0.169. The van der Waals surface area contributed by atoms with E-state index in [0.717, 1.165) is 5.56 Å². The molecule has 2 rings (SSSR count). The van der Waals surface area contributed by atoms with Crippen LogP contribution in [0.1, 0.15) is 19.7 Å². The monoisotopic (exact) mass is 357 g/mol. The molecule has 0 aliphatic carbocycles. The van der Waals surface area contributed by atoms with Crippen LogP contribution in [0.25, 0.3) is 11.4 Å². The van der Waals surface area contributed by atoms with Gasteiger partial charge in [0.15, 0.2) is 0 Å². The lowest BCUT2D eigenvalue weighted by atomic mass is 10.1. The Bertz CT molecular complexity index is 551. The van der Waals surface area contributed by atoms with Gasteiger partial charge in [0.05, 0.1) is 0 Å². The molecule has 0 saturated carbocycles. The maximum absolute atomic E-state index is 11.1. The van der Waals surface area contributed by atoms with Crippen molar-refractivity contribution in [3.05, 3.63) is 36.2 Å². The summed E-state index contributed by atoms with van der Waals surface area (Å²) < 4.78 is 5.04. The van der Waals surface area contributed by atoms with Gasteiger partial charge in [-0.2, -0.15) is 4.98 Å². The van der Waals surface area contributed by atoms with E-state index in [1.807, 2.05) is 44.2 Å². The van der Waals surface area contributed by atoms with Gasteiger partial charge in [-0.15, -0.1) is 0 Å². The maximum Gasteiger partial charge on any atom is 0.281 e. The van der Waals surface area contributed by atoms with Gasteiger partial charge in [-0.1, -0.05) is 35.5 Å². The number of nitrogens with zero attached hydrogens (tertiary/aromatic N) is 2. The SMILES string of the molecule is CC(C)(NC(=O)I)c1nc(-c2ccccc2)no1. The molecule has 1 aromatic carbocycles. The number of nitrogens with one attached hydrogen (secondary N) is 1. The topological polar surface area (TPSA) is 68.0 Å². The Balaban J connectivity index is 2.28. The molecule has 1 amide bonds. The zero-order chi connectivity index (χ0) is 13.2. The second-order valence-corrected chi connectivity index (χ2v) is 5.29. The molecule has 1 aromatic heterocycles. The molecule has 0 aliphatic heterocycles. The van der Waals surface area contributed by atoms with Gasteiger partial charge in [-0.3, -0.25) is 4.79 Å². The molecule has 5 nitrogen and oxygen atoms in total. The Kier molecular flexibility index (Phi) is 3.65. The number of rotatable bonds is 3. The summed E-state index contributed by atoms with van der Waals surface area (Å²) in [6.07, 6.45) is 0. The Morgan fingerprint density at radius 3 is 2.61 bits per heavy atom. The third-order valence-corrected chi connectivity index (χ3v) is 2.67. The maximum atomic E-state index is 11.1. The molecule has 2 aromatic rings. The second kappa shape index (κ2) is 5.05. The molecule has 94 valence electrons. The zero-order valence-electron chi connectivity index (χ0n) is 9.98. The number of aromatic nitrogens is 2. The molecule has 0 saturated heterocycles. The van der Waals surface area contributed by atoms with Crippen molar-refractivity contribution in [2.75, 3.05) is 0 Å². The van der Waals surface area contributed by atoms with Crippen LogP contribution in [0.2, 0.25) is 0 Å². The van der Waals surface area contributed by atoms with Gasteiger partial charge < -0.3 is 9.84 Å². The summed E-state index contributed by atoms with van der Waals surface area (Å²) in [4.78, 5) is 15.4. The third kappa shape index (κ3) is 2.87. The molecule has 0 unspecified atom stereocenters. The number of carbonyl (C=O) groups is 1. The first-order chi connectivity index (χ1) is 8.49. The Labute approximate surface area is 118 Å². The van der Waals surface area contributed by atoms with Crippen molar-refractivity contribution in [3.8, 4) is 11.4 Å². The van der Waals surface area contributed by atoms with Crippen LogP contribution in [0.4, 0.5) is 4.79 Å². The predicted octanol–water partition coefficient (Wildman–Crippen LogP) is 3.12. The van der Waals surface area contributed by atoms with Crippen molar-refractivity contribution in [3.63, 3.8) is 0 Å². The average Bonchev–Trinajstić information content (AvgIpc) is 2.78. The van der Waals surface area contributed by atoms with Crippen molar-refractivity contribution in [1.82, 2.24) is 15.5 Å². The van der Waals surface area contributed by atoms with Crippen molar-refractivity contribution in [1.29, 1.82) is 0 Å². The molecule has 0 bridgehead atoms. The Morgan fingerprint density at radius 2 is 2.00 bits per heavy atom. The smallest absolute Gasteiger partial charge is 0.281 e. The fraction of sp³-hybridized carbons (Fsp3) is 0.250. The normalized spacial score (nSPS) is 11.3. The molecule has 6 heteroatoms. The van der Waals surface area contributed by atoms with Crippen molar-refractivity contribution < 1.29 is 9.32 Å². The fourth-order valence-electron chi connectivity index (χ4n) is 1.48. The lowest BCUT2D eigenvalue weighted by Gasteiger charge is -2.19. The van der Waals surface area contributed by atoms with Crippen molar-refractivity contribution in [2.45, 2.75) is 19.4 Å². The van der Waals surface area contributed by atoms with Gasteiger partial charge in [0, 0.05) is 28.2 Å². The molecule has 1 N–H and O–H groups in total. The van der Waals surface area contributed by atoms with E-state index in [0.29, 0.717) is 11.7 Å². The highest BCUT2D eigenvalue weighted by atomic mass is 127. The van der Waals surface area contributed by atoms with Crippen molar-refractivity contribution >= 4 is 26.5 Å². The lowest BCUT2D eigenvalue weighted by Crippen LogP contribution is -2.38. The average molecular weight is 357 g/mol. The van der Waals surface area contributed by atoms with Gasteiger partial charge in [0.1, 0.15) is 5.54 Å². The largest absolute Gasteiger partial charge is 0.336 e. The number of hydrogen-bond donors (Lipinski definition) is 1. The van der Waals surface area contributed by atoms with E-state index < -0.39 is 5.54 Å². The molecule has 0 aliphatic rings. The number of carbonyl (C=O) groups excluding carboxylic acids is 1. The molecular weight excluding hydrogens is 345 g/mol. The van der Waals surface area contributed by atoms with E-state index in [9.17, 15) is 4.79 Å². The first-order valence-corrected chi connectivity index (χ1v) is 6.44. The van der Waals surface area contributed by atoms with Crippen LogP contribution in [0.15, 0.2) is 34.9 Å². The minimum Gasteiger partial charge on any atom is -0.336 e. The minimum atomic E-state index is -0.682. The van der Waals surface area contributed by atoms with Crippen LogP contribution in [-0.2, 0) is 5.54 Å². The number of halogens is 1. The zero-order valence-corrected chi connectivity index (χ0v) is 12.1. The first-order valence-electron chi connectivity index (χ1n) is 5.36. The first kappa shape index (κ1) is 13.0. The Morgan fingerprint density at radius 1 is 1.33 bits per heavy atom. The molecule has 18 heavy (non-hydrogen) atoms.